The highest BCUT2D eigenvalue weighted by atomic mass is 35.5. The molecule has 5 nitrogen and oxygen atoms in total. The van der Waals surface area contributed by atoms with Gasteiger partial charge < -0.3 is 15.2 Å². The van der Waals surface area contributed by atoms with E-state index in [0.29, 0.717) is 29.8 Å². The number of benzene rings is 2. The van der Waals surface area contributed by atoms with E-state index in [1.165, 1.54) is 6.07 Å². The van der Waals surface area contributed by atoms with Gasteiger partial charge in [0.05, 0.1) is 12.0 Å². The number of nitrogens with one attached hydrogen (secondary N) is 2. The van der Waals surface area contributed by atoms with Crippen molar-refractivity contribution < 1.29 is 4.39 Å². The summed E-state index contributed by atoms with van der Waals surface area (Å²) in [5, 5.41) is 7.07. The summed E-state index contributed by atoms with van der Waals surface area (Å²) in [6, 6.07) is 12.7. The van der Waals surface area contributed by atoms with Gasteiger partial charge in [0.25, 0.3) is 0 Å². The lowest BCUT2D eigenvalue weighted by atomic mass is 10.2. The second-order valence-corrected chi connectivity index (χ2v) is 6.10. The predicted octanol–water partition coefficient (Wildman–Crippen LogP) is 3.53. The lowest BCUT2D eigenvalue weighted by Crippen LogP contribution is -2.36. The molecule has 1 heterocycles. The molecule has 0 saturated heterocycles. The minimum Gasteiger partial charge on any atom is -0.352 e. The molecular weight excluding hydrogens is 353 g/mol. The molecule has 134 valence electrons. The number of guanidine groups is 1. The van der Waals surface area contributed by atoms with Crippen LogP contribution in [0.25, 0.3) is 5.69 Å². The fourth-order valence-electron chi connectivity index (χ4n) is 2.51. The lowest BCUT2D eigenvalue weighted by Gasteiger charge is -2.13. The summed E-state index contributed by atoms with van der Waals surface area (Å²) in [4.78, 5) is 8.11. The summed E-state index contributed by atoms with van der Waals surface area (Å²) in [5.74, 6) is 0.327. The van der Waals surface area contributed by atoms with Crippen LogP contribution in [0.1, 0.15) is 11.1 Å². The fraction of sp³-hybridized carbons (Fsp3) is 0.158. The number of aromatic nitrogens is 2. The molecule has 3 aromatic rings. The number of hydrogen-bond donors (Lipinski definition) is 2. The quantitative estimate of drug-likeness (QED) is 0.533. The summed E-state index contributed by atoms with van der Waals surface area (Å²) in [6.07, 6.45) is 4.89. The van der Waals surface area contributed by atoms with Gasteiger partial charge in [0.1, 0.15) is 5.82 Å². The van der Waals surface area contributed by atoms with Gasteiger partial charge in [-0.15, -0.1) is 0 Å². The zero-order chi connectivity index (χ0) is 18.4. The Kier molecular flexibility index (Phi) is 5.86. The number of rotatable bonds is 5. The maximum atomic E-state index is 14.3. The van der Waals surface area contributed by atoms with Crippen LogP contribution in [0.4, 0.5) is 4.39 Å². The van der Waals surface area contributed by atoms with Crippen molar-refractivity contribution in [3.8, 4) is 5.69 Å². The van der Waals surface area contributed by atoms with Crippen molar-refractivity contribution >= 4 is 17.6 Å². The molecule has 7 heteroatoms. The van der Waals surface area contributed by atoms with Gasteiger partial charge in [0, 0.05) is 37.6 Å². The summed E-state index contributed by atoms with van der Waals surface area (Å²) < 4.78 is 15.9. The average Bonchev–Trinajstić information content (AvgIpc) is 3.16. The van der Waals surface area contributed by atoms with Crippen LogP contribution in [0, 0.1) is 5.82 Å². The van der Waals surface area contributed by atoms with E-state index in [9.17, 15) is 4.39 Å². The molecule has 0 radical (unpaired) electrons. The van der Waals surface area contributed by atoms with Crippen molar-refractivity contribution in [2.75, 3.05) is 7.05 Å². The van der Waals surface area contributed by atoms with Crippen LogP contribution in [0.2, 0.25) is 5.02 Å². The minimum atomic E-state index is -0.302. The number of imidazole rings is 1. The summed E-state index contributed by atoms with van der Waals surface area (Å²) >= 11 is 5.98. The second kappa shape index (κ2) is 8.49. The molecule has 3 rings (SSSR count). The highest BCUT2D eigenvalue weighted by Gasteiger charge is 2.06. The number of halogens is 2. The topological polar surface area (TPSA) is 54.2 Å². The summed E-state index contributed by atoms with van der Waals surface area (Å²) in [5.41, 5.74) is 2.34. The monoisotopic (exact) mass is 371 g/mol. The first-order valence-corrected chi connectivity index (χ1v) is 8.49. The van der Waals surface area contributed by atoms with E-state index in [1.807, 2.05) is 30.3 Å². The van der Waals surface area contributed by atoms with E-state index in [2.05, 4.69) is 20.6 Å². The number of nitrogens with zero attached hydrogens (tertiary/aromatic N) is 3. The smallest absolute Gasteiger partial charge is 0.191 e. The third-order valence-corrected chi connectivity index (χ3v) is 4.06. The van der Waals surface area contributed by atoms with Crippen molar-refractivity contribution in [1.82, 2.24) is 20.2 Å². The largest absolute Gasteiger partial charge is 0.352 e. The van der Waals surface area contributed by atoms with Crippen LogP contribution in [-0.2, 0) is 13.1 Å². The first-order chi connectivity index (χ1) is 12.7. The molecule has 0 bridgehead atoms. The van der Waals surface area contributed by atoms with Gasteiger partial charge in [0.2, 0.25) is 0 Å². The van der Waals surface area contributed by atoms with Crippen LogP contribution in [-0.4, -0.2) is 22.6 Å². The molecule has 0 saturated carbocycles. The zero-order valence-corrected chi connectivity index (χ0v) is 15.0. The van der Waals surface area contributed by atoms with Gasteiger partial charge in [0.15, 0.2) is 5.96 Å². The molecule has 2 aromatic carbocycles. The highest BCUT2D eigenvalue weighted by molar-refractivity contribution is 6.30. The van der Waals surface area contributed by atoms with E-state index in [4.69, 9.17) is 11.6 Å². The number of aliphatic imine (C=N–C) groups is 1. The van der Waals surface area contributed by atoms with E-state index in [-0.39, 0.29) is 5.82 Å². The molecule has 0 spiro atoms. The first-order valence-electron chi connectivity index (χ1n) is 8.11. The van der Waals surface area contributed by atoms with Crippen molar-refractivity contribution in [2.24, 2.45) is 4.99 Å². The van der Waals surface area contributed by atoms with Crippen LogP contribution < -0.4 is 10.6 Å². The molecule has 0 amide bonds. The Balaban J connectivity index is 1.57. The van der Waals surface area contributed by atoms with Crippen LogP contribution in [0.5, 0.6) is 0 Å². The Morgan fingerprint density at radius 1 is 1.15 bits per heavy atom. The van der Waals surface area contributed by atoms with Gasteiger partial charge in [-0.1, -0.05) is 29.8 Å². The summed E-state index contributed by atoms with van der Waals surface area (Å²) in [7, 11) is 1.69. The second-order valence-electron chi connectivity index (χ2n) is 5.66. The van der Waals surface area contributed by atoms with Gasteiger partial charge in [-0.05, 0) is 35.4 Å². The van der Waals surface area contributed by atoms with Crippen molar-refractivity contribution in [2.45, 2.75) is 13.1 Å². The normalized spacial score (nSPS) is 11.4. The van der Waals surface area contributed by atoms with Gasteiger partial charge >= 0.3 is 0 Å². The highest BCUT2D eigenvalue weighted by Crippen LogP contribution is 2.15. The van der Waals surface area contributed by atoms with E-state index in [0.717, 1.165) is 11.1 Å². The van der Waals surface area contributed by atoms with Crippen molar-refractivity contribution in [3.05, 3.63) is 83.2 Å². The average molecular weight is 372 g/mol. The molecule has 2 N–H and O–H groups in total. The van der Waals surface area contributed by atoms with E-state index >= 15 is 0 Å². The Bertz CT molecular complexity index is 893. The molecule has 0 fully saturated rings. The van der Waals surface area contributed by atoms with Gasteiger partial charge in [-0.25, -0.2) is 9.37 Å². The Labute approximate surface area is 156 Å². The molecule has 0 aliphatic heterocycles. The molecule has 0 unspecified atom stereocenters. The minimum absolute atomic E-state index is 0.302. The SMILES string of the molecule is CN=C(NCc1cccc(Cl)c1)NCc1ccc(-n2ccnc2)c(F)c1. The fourth-order valence-corrected chi connectivity index (χ4v) is 2.72. The molecule has 0 aliphatic carbocycles. The summed E-state index contributed by atoms with van der Waals surface area (Å²) in [6.45, 7) is 1.05. The maximum Gasteiger partial charge on any atom is 0.191 e. The maximum absolute atomic E-state index is 14.3. The van der Waals surface area contributed by atoms with Crippen LogP contribution in [0.3, 0.4) is 0 Å². The standard InChI is InChI=1S/C19H19ClFN5/c1-22-19(24-11-14-3-2-4-16(20)9-14)25-12-15-5-6-18(17(21)10-15)26-8-7-23-13-26/h2-10,13H,11-12H2,1H3,(H2,22,24,25). The Hall–Kier alpha value is -2.86. The van der Waals surface area contributed by atoms with Gasteiger partial charge in [-0.3, -0.25) is 4.99 Å². The first kappa shape index (κ1) is 17.9. The van der Waals surface area contributed by atoms with E-state index in [1.54, 1.807) is 36.4 Å². The molecule has 0 aliphatic rings. The molecular formula is C19H19ClFN5. The van der Waals surface area contributed by atoms with Crippen molar-refractivity contribution in [1.29, 1.82) is 0 Å². The third kappa shape index (κ3) is 4.61. The van der Waals surface area contributed by atoms with Crippen LogP contribution >= 0.6 is 11.6 Å². The van der Waals surface area contributed by atoms with Crippen molar-refractivity contribution in [3.63, 3.8) is 0 Å². The predicted molar refractivity (Wildman–Crippen MR) is 102 cm³/mol. The Morgan fingerprint density at radius 3 is 2.54 bits per heavy atom. The molecule has 0 atom stereocenters. The van der Waals surface area contributed by atoms with Crippen LogP contribution in [0.15, 0.2) is 66.2 Å². The number of hydrogen-bond acceptors (Lipinski definition) is 2. The lowest BCUT2D eigenvalue weighted by molar-refractivity contribution is 0.615. The third-order valence-electron chi connectivity index (χ3n) is 3.83. The molecule has 1 aromatic heterocycles. The zero-order valence-electron chi connectivity index (χ0n) is 14.3. The van der Waals surface area contributed by atoms with Gasteiger partial charge in [-0.2, -0.15) is 0 Å². The molecule has 26 heavy (non-hydrogen) atoms. The Morgan fingerprint density at radius 2 is 1.92 bits per heavy atom. The van der Waals surface area contributed by atoms with E-state index < -0.39 is 0 Å².